The molecule has 0 radical (unpaired) electrons. The fourth-order valence-electron chi connectivity index (χ4n) is 3.61. The van der Waals surface area contributed by atoms with Crippen LogP contribution in [0.3, 0.4) is 0 Å². The molecule has 1 amide bonds. The molecule has 3 aliphatic heterocycles. The third kappa shape index (κ3) is 2.19. The number of hydrogen-bond acceptors (Lipinski definition) is 4. The van der Waals surface area contributed by atoms with E-state index in [1.807, 2.05) is 0 Å². The first-order valence-corrected chi connectivity index (χ1v) is 8.23. The van der Waals surface area contributed by atoms with Gasteiger partial charge in [0.1, 0.15) is 5.75 Å². The average molecular weight is 365 g/mol. The van der Waals surface area contributed by atoms with E-state index in [4.69, 9.17) is 0 Å². The van der Waals surface area contributed by atoms with Crippen LogP contribution in [0.25, 0.3) is 10.9 Å². The summed E-state index contributed by atoms with van der Waals surface area (Å²) in [5.74, 6) is 0.585. The molecule has 116 valence electrons. The molecule has 3 aliphatic rings. The Morgan fingerprint density at radius 2 is 2.18 bits per heavy atom. The van der Waals surface area contributed by atoms with Crippen molar-refractivity contribution >= 4 is 33.0 Å². The molecular formula is C15H17BrN4O2. The summed E-state index contributed by atoms with van der Waals surface area (Å²) in [5, 5.41) is 17.2. The topological polar surface area (TPSA) is 72.5 Å². The molecule has 1 aromatic carbocycles. The average Bonchev–Trinajstić information content (AvgIpc) is 2.97. The van der Waals surface area contributed by atoms with Crippen molar-refractivity contribution in [3.8, 4) is 5.75 Å². The van der Waals surface area contributed by atoms with E-state index in [1.165, 1.54) is 0 Å². The molecule has 2 bridgehead atoms. The van der Waals surface area contributed by atoms with E-state index in [0.717, 1.165) is 37.9 Å². The monoisotopic (exact) mass is 364 g/mol. The number of carbonyl (C=O) groups is 1. The van der Waals surface area contributed by atoms with Gasteiger partial charge in [-0.05, 0) is 44.0 Å². The predicted octanol–water partition coefficient (Wildman–Crippen LogP) is 2.11. The smallest absolute Gasteiger partial charge is 0.285 e. The van der Waals surface area contributed by atoms with Gasteiger partial charge in [0.05, 0.1) is 27.7 Å². The second kappa shape index (κ2) is 5.24. The zero-order valence-electron chi connectivity index (χ0n) is 12.0. The minimum atomic E-state index is -0.129. The normalized spacial score (nSPS) is 27.2. The van der Waals surface area contributed by atoms with Crippen molar-refractivity contribution in [1.82, 2.24) is 19.0 Å². The third-order valence-corrected chi connectivity index (χ3v) is 5.70. The molecule has 0 unspecified atom stereocenters. The van der Waals surface area contributed by atoms with Crippen molar-refractivity contribution in [3.05, 3.63) is 23.9 Å². The van der Waals surface area contributed by atoms with Crippen molar-refractivity contribution in [1.29, 1.82) is 0 Å². The molecule has 5 rings (SSSR count). The van der Waals surface area contributed by atoms with Gasteiger partial charge in [-0.1, -0.05) is 0 Å². The molecule has 2 N–H and O–H groups in total. The van der Waals surface area contributed by atoms with Crippen LogP contribution >= 0.6 is 16.1 Å². The molecule has 3 saturated heterocycles. The first-order valence-electron chi connectivity index (χ1n) is 7.52. The Bertz CT molecular complexity index is 723. The molecular weight excluding hydrogens is 348 g/mol. The molecule has 1 atom stereocenters. The highest BCUT2D eigenvalue weighted by Gasteiger charge is 2.39. The Balaban J connectivity index is 1.62. The van der Waals surface area contributed by atoms with Crippen LogP contribution < -0.4 is 0 Å². The molecule has 7 heteroatoms. The number of aromatic nitrogens is 2. The van der Waals surface area contributed by atoms with E-state index in [2.05, 4.69) is 31.2 Å². The van der Waals surface area contributed by atoms with Gasteiger partial charge in [0.15, 0.2) is 5.69 Å². The SMILES string of the molecule is O=C(c1n[nH]c2cc(O)ccc12)N(Br)[C@@H]1CN2CCC1CC2. The van der Waals surface area contributed by atoms with Crippen molar-refractivity contribution in [2.75, 3.05) is 19.6 Å². The summed E-state index contributed by atoms with van der Waals surface area (Å²) in [5.41, 5.74) is 1.06. The predicted molar refractivity (Wildman–Crippen MR) is 85.8 cm³/mol. The first-order chi connectivity index (χ1) is 10.6. The maximum Gasteiger partial charge on any atom is 0.285 e. The van der Waals surface area contributed by atoms with Crippen LogP contribution in [-0.2, 0) is 0 Å². The number of phenolic OH excluding ortho intramolecular Hbond substituents is 1. The number of fused-ring (bicyclic) bond motifs is 4. The first kappa shape index (κ1) is 14.0. The molecule has 22 heavy (non-hydrogen) atoms. The van der Waals surface area contributed by atoms with Crippen LogP contribution in [0.15, 0.2) is 18.2 Å². The number of nitrogens with one attached hydrogen (secondary N) is 1. The lowest BCUT2D eigenvalue weighted by molar-refractivity contribution is 0.0384. The second-order valence-corrected chi connectivity index (χ2v) is 6.89. The van der Waals surface area contributed by atoms with Gasteiger partial charge < -0.3 is 10.0 Å². The quantitative estimate of drug-likeness (QED) is 0.800. The summed E-state index contributed by atoms with van der Waals surface area (Å²) in [6, 6.07) is 5.06. The summed E-state index contributed by atoms with van der Waals surface area (Å²) in [4.78, 5) is 15.2. The van der Waals surface area contributed by atoms with Crippen LogP contribution in [-0.4, -0.2) is 55.7 Å². The van der Waals surface area contributed by atoms with E-state index < -0.39 is 0 Å². The molecule has 0 saturated carbocycles. The van der Waals surface area contributed by atoms with Gasteiger partial charge in [-0.15, -0.1) is 0 Å². The van der Waals surface area contributed by atoms with Gasteiger partial charge in [0.25, 0.3) is 5.91 Å². The summed E-state index contributed by atoms with van der Waals surface area (Å²) in [6.45, 7) is 3.20. The third-order valence-electron chi connectivity index (χ3n) is 4.86. The number of amides is 1. The number of nitrogens with zero attached hydrogens (tertiary/aromatic N) is 3. The maximum absolute atomic E-state index is 12.8. The largest absolute Gasteiger partial charge is 0.508 e. The summed E-state index contributed by atoms with van der Waals surface area (Å²) < 4.78 is 1.67. The zero-order valence-corrected chi connectivity index (χ0v) is 13.6. The van der Waals surface area contributed by atoms with E-state index in [-0.39, 0.29) is 17.7 Å². The standard InChI is InChI=1S/C15H17BrN4O2/c16-20(13-8-19-5-3-9(13)4-6-19)15(22)14-11-2-1-10(21)7-12(11)17-18-14/h1-2,7,9,13,21H,3-6,8H2,(H,17,18)/t13-/m1/s1. The van der Waals surface area contributed by atoms with Crippen molar-refractivity contribution < 1.29 is 9.90 Å². The van der Waals surface area contributed by atoms with Gasteiger partial charge in [-0.2, -0.15) is 5.10 Å². The lowest BCUT2D eigenvalue weighted by atomic mass is 9.84. The highest BCUT2D eigenvalue weighted by Crippen LogP contribution is 2.33. The van der Waals surface area contributed by atoms with Crippen LogP contribution in [0, 0.1) is 5.92 Å². The van der Waals surface area contributed by atoms with Crippen molar-refractivity contribution in [2.24, 2.45) is 5.92 Å². The molecule has 2 aromatic rings. The van der Waals surface area contributed by atoms with Gasteiger partial charge in [-0.3, -0.25) is 13.8 Å². The number of benzene rings is 1. The molecule has 0 aliphatic carbocycles. The number of aromatic hydroxyl groups is 1. The van der Waals surface area contributed by atoms with Crippen LogP contribution in [0.4, 0.5) is 0 Å². The van der Waals surface area contributed by atoms with Crippen molar-refractivity contribution in [3.63, 3.8) is 0 Å². The molecule has 0 spiro atoms. The summed E-state index contributed by atoms with van der Waals surface area (Å²) >= 11 is 3.48. The molecule has 1 aromatic heterocycles. The molecule has 6 nitrogen and oxygen atoms in total. The van der Waals surface area contributed by atoms with Crippen LogP contribution in [0.5, 0.6) is 5.75 Å². The van der Waals surface area contributed by atoms with Gasteiger partial charge in [0.2, 0.25) is 0 Å². The zero-order chi connectivity index (χ0) is 15.3. The number of phenols is 1. The fraction of sp³-hybridized carbons (Fsp3) is 0.467. The van der Waals surface area contributed by atoms with Crippen LogP contribution in [0.2, 0.25) is 0 Å². The Labute approximate surface area is 136 Å². The van der Waals surface area contributed by atoms with Crippen LogP contribution in [0.1, 0.15) is 23.3 Å². The highest BCUT2D eigenvalue weighted by molar-refractivity contribution is 9.07. The Morgan fingerprint density at radius 3 is 2.86 bits per heavy atom. The Hall–Kier alpha value is -1.60. The molecule has 3 fully saturated rings. The summed E-state index contributed by atoms with van der Waals surface area (Å²) in [6.07, 6.45) is 2.30. The second-order valence-electron chi connectivity index (χ2n) is 6.12. The number of hydrogen-bond donors (Lipinski definition) is 2. The number of carbonyl (C=O) groups excluding carboxylic acids is 1. The fourth-order valence-corrected chi connectivity index (χ4v) is 4.24. The van der Waals surface area contributed by atoms with E-state index in [0.29, 0.717) is 17.1 Å². The summed E-state index contributed by atoms with van der Waals surface area (Å²) in [7, 11) is 0. The Morgan fingerprint density at radius 1 is 1.41 bits per heavy atom. The minimum absolute atomic E-state index is 0.129. The number of halogens is 1. The van der Waals surface area contributed by atoms with Gasteiger partial charge in [0, 0.05) is 18.0 Å². The highest BCUT2D eigenvalue weighted by atomic mass is 79.9. The number of aromatic amines is 1. The minimum Gasteiger partial charge on any atom is -0.508 e. The molecule has 4 heterocycles. The van der Waals surface area contributed by atoms with E-state index in [9.17, 15) is 9.90 Å². The van der Waals surface area contributed by atoms with Crippen molar-refractivity contribution in [2.45, 2.75) is 18.9 Å². The maximum atomic E-state index is 12.8. The van der Waals surface area contributed by atoms with E-state index in [1.54, 1.807) is 22.1 Å². The number of rotatable bonds is 2. The number of H-pyrrole nitrogens is 1. The Kier molecular flexibility index (Phi) is 3.34. The van der Waals surface area contributed by atoms with Gasteiger partial charge >= 0.3 is 0 Å². The number of piperidine rings is 3. The van der Waals surface area contributed by atoms with Gasteiger partial charge in [-0.25, -0.2) is 0 Å². The van der Waals surface area contributed by atoms with E-state index >= 15 is 0 Å². The lowest BCUT2D eigenvalue weighted by Crippen LogP contribution is -2.56. The lowest BCUT2D eigenvalue weighted by Gasteiger charge is -2.46.